The van der Waals surface area contributed by atoms with E-state index in [0.717, 1.165) is 41.0 Å². The van der Waals surface area contributed by atoms with E-state index in [1.54, 1.807) is 36.0 Å². The number of thioether (sulfide) groups is 1. The lowest BCUT2D eigenvalue weighted by molar-refractivity contribution is -0.251. The Labute approximate surface area is 351 Å². The van der Waals surface area contributed by atoms with Gasteiger partial charge in [-0.3, -0.25) is 19.2 Å². The second kappa shape index (κ2) is 21.4. The van der Waals surface area contributed by atoms with Crippen molar-refractivity contribution < 1.29 is 67.3 Å². The normalized spacial score (nSPS) is 23.9. The molecule has 2 fully saturated rings. The van der Waals surface area contributed by atoms with E-state index >= 15 is 0 Å². The summed E-state index contributed by atoms with van der Waals surface area (Å²) in [6.07, 6.45) is -6.46. The Morgan fingerprint density at radius 3 is 1.88 bits per heavy atom. The summed E-state index contributed by atoms with van der Waals surface area (Å²) in [7, 11) is 0. The highest BCUT2D eigenvalue weighted by Gasteiger charge is 2.52. The van der Waals surface area contributed by atoms with Crippen LogP contribution in [0.15, 0.2) is 77.7 Å². The van der Waals surface area contributed by atoms with Gasteiger partial charge in [0.05, 0.1) is 29.4 Å². The first-order chi connectivity index (χ1) is 28.2. The van der Waals surface area contributed by atoms with Gasteiger partial charge in [-0.1, -0.05) is 60.7 Å². The molecule has 2 heterocycles. The number of rotatable bonds is 16. The molecule has 0 bridgehead atoms. The molecule has 1 unspecified atom stereocenters. The lowest BCUT2D eigenvalue weighted by Gasteiger charge is -2.44. The van der Waals surface area contributed by atoms with Crippen LogP contribution in [0.3, 0.4) is 0 Å². The van der Waals surface area contributed by atoms with E-state index in [9.17, 15) is 34.2 Å². The lowest BCUT2D eigenvalue weighted by atomic mass is 9.92. The van der Waals surface area contributed by atoms with Crippen molar-refractivity contribution in [1.29, 1.82) is 0 Å². The van der Waals surface area contributed by atoms with E-state index in [-0.39, 0.29) is 37.4 Å². The molecule has 0 spiro atoms. The van der Waals surface area contributed by atoms with E-state index in [1.807, 2.05) is 48.5 Å². The third-order valence-corrected chi connectivity index (χ3v) is 10.8. The molecule has 316 valence electrons. The predicted molar refractivity (Wildman–Crippen MR) is 215 cm³/mol. The van der Waals surface area contributed by atoms with Crippen molar-refractivity contribution >= 4 is 58.8 Å². The van der Waals surface area contributed by atoms with Gasteiger partial charge in [0.2, 0.25) is 0 Å². The standard InChI is InChI=1S/C42H47NO14S2/c1-23(45)51-21-36-39(53-25(3)47)40(54-26(4)48)38(52-24(2)46)35(56-36)18-37(58)43-19-27-5-11-31(12-6-27)42-55-32(22-59-33-15-13-30(14-16-33)41(49)50)17-34(57-42)29-9-7-28(20-44)8-10-29/h5-16,32,34-36,38-40,42,44H,17-22H2,1-4H3,(H,43,58)(H,49,50)/t32-,34+,35-,36+,38-,39+,40+,42?/m0/s1. The zero-order chi connectivity index (χ0) is 42.6. The van der Waals surface area contributed by atoms with E-state index in [4.69, 9.17) is 45.4 Å². The van der Waals surface area contributed by atoms with E-state index in [1.165, 1.54) is 13.8 Å². The Morgan fingerprint density at radius 2 is 1.31 bits per heavy atom. The molecule has 2 aliphatic rings. The Hall–Kier alpha value is -4.91. The van der Waals surface area contributed by atoms with Crippen molar-refractivity contribution in [2.45, 2.75) is 108 Å². The van der Waals surface area contributed by atoms with Crippen molar-refractivity contribution in [3.63, 3.8) is 0 Å². The fraction of sp³-hybridized carbons (Fsp3) is 0.429. The van der Waals surface area contributed by atoms with Gasteiger partial charge in [-0.05, 0) is 41.0 Å². The van der Waals surface area contributed by atoms with Crippen molar-refractivity contribution in [3.05, 3.63) is 101 Å². The minimum atomic E-state index is -1.29. The molecule has 5 rings (SSSR count). The Balaban J connectivity index is 1.26. The molecule has 0 aromatic heterocycles. The molecule has 17 heteroatoms. The molecule has 3 aromatic rings. The summed E-state index contributed by atoms with van der Waals surface area (Å²) in [6.45, 7) is 4.58. The Kier molecular flexibility index (Phi) is 16.4. The minimum Gasteiger partial charge on any atom is -0.478 e. The maximum absolute atomic E-state index is 12.2. The van der Waals surface area contributed by atoms with E-state index in [0.29, 0.717) is 23.7 Å². The van der Waals surface area contributed by atoms with Crippen LogP contribution in [0.2, 0.25) is 0 Å². The molecule has 2 aliphatic heterocycles. The number of carbonyl (C=O) groups is 5. The fourth-order valence-corrected chi connectivity index (χ4v) is 7.79. The Bertz CT molecular complexity index is 1940. The van der Waals surface area contributed by atoms with Crippen molar-refractivity contribution in [3.8, 4) is 0 Å². The maximum atomic E-state index is 12.2. The van der Waals surface area contributed by atoms with Gasteiger partial charge in [0, 0.05) is 63.3 Å². The number of hydrogen-bond acceptors (Lipinski definition) is 15. The van der Waals surface area contributed by atoms with E-state index < -0.39 is 66.7 Å². The SMILES string of the molecule is CC(=O)OC[C@H]1O[C@@H](CC(=S)NCc2ccc(C3O[C@H](CSc4ccc(C(=O)O)cc4)C[C@H](c4ccc(CO)cc4)O3)cc2)[C@H](OC(C)=O)[C@@H](OC(C)=O)[C@@H]1OC(C)=O. The summed E-state index contributed by atoms with van der Waals surface area (Å²) in [5.74, 6) is -3.15. The predicted octanol–water partition coefficient (Wildman–Crippen LogP) is 5.15. The van der Waals surface area contributed by atoms with Crippen LogP contribution in [-0.4, -0.2) is 94.0 Å². The first-order valence-corrected chi connectivity index (χ1v) is 20.2. The first-order valence-electron chi connectivity index (χ1n) is 18.8. The van der Waals surface area contributed by atoms with Crippen LogP contribution in [0.5, 0.6) is 0 Å². The van der Waals surface area contributed by atoms with Gasteiger partial charge in [0.15, 0.2) is 24.6 Å². The Morgan fingerprint density at radius 1 is 0.729 bits per heavy atom. The number of carbonyl (C=O) groups excluding carboxylic acids is 4. The number of ether oxygens (including phenoxy) is 7. The van der Waals surface area contributed by atoms with Gasteiger partial charge in [-0.2, -0.15) is 0 Å². The number of benzene rings is 3. The smallest absolute Gasteiger partial charge is 0.335 e. The molecular formula is C42H47NO14S2. The second-order valence-corrected chi connectivity index (χ2v) is 15.5. The van der Waals surface area contributed by atoms with Gasteiger partial charge in [-0.15, -0.1) is 11.8 Å². The molecule has 15 nitrogen and oxygen atoms in total. The third-order valence-electron chi connectivity index (χ3n) is 9.37. The molecule has 0 aliphatic carbocycles. The number of aliphatic hydroxyl groups excluding tert-OH is 1. The average Bonchev–Trinajstić information content (AvgIpc) is 3.20. The van der Waals surface area contributed by atoms with Crippen molar-refractivity contribution in [2.24, 2.45) is 0 Å². The van der Waals surface area contributed by atoms with Crippen LogP contribution < -0.4 is 5.32 Å². The number of nitrogens with one attached hydrogen (secondary N) is 1. The first kappa shape index (κ1) is 45.2. The monoisotopic (exact) mass is 853 g/mol. The fourth-order valence-electron chi connectivity index (χ4n) is 6.64. The summed E-state index contributed by atoms with van der Waals surface area (Å²) in [4.78, 5) is 60.7. The molecular weight excluding hydrogens is 807 g/mol. The van der Waals surface area contributed by atoms with Gasteiger partial charge in [0.25, 0.3) is 0 Å². The molecule has 0 radical (unpaired) electrons. The molecule has 0 amide bonds. The number of carboxylic acids is 1. The molecule has 0 saturated carbocycles. The third kappa shape index (κ3) is 13.3. The zero-order valence-electron chi connectivity index (χ0n) is 32.9. The van der Waals surface area contributed by atoms with Gasteiger partial charge in [0.1, 0.15) is 18.8 Å². The number of carboxylic acid groups (broad SMARTS) is 1. The van der Waals surface area contributed by atoms with Gasteiger partial charge in [-0.25, -0.2) is 4.79 Å². The number of thiocarbonyl (C=S) groups is 1. The molecule has 59 heavy (non-hydrogen) atoms. The quantitative estimate of drug-likeness (QED) is 0.0739. The molecule has 8 atom stereocenters. The summed E-state index contributed by atoms with van der Waals surface area (Å²) in [5.41, 5.74) is 3.59. The van der Waals surface area contributed by atoms with Gasteiger partial charge < -0.3 is 48.7 Å². The van der Waals surface area contributed by atoms with Crippen LogP contribution in [0.25, 0.3) is 0 Å². The largest absolute Gasteiger partial charge is 0.478 e. The van der Waals surface area contributed by atoms with Gasteiger partial charge >= 0.3 is 29.8 Å². The highest BCUT2D eigenvalue weighted by atomic mass is 32.2. The molecule has 3 aromatic carbocycles. The van der Waals surface area contributed by atoms with Crippen LogP contribution in [0.4, 0.5) is 0 Å². The number of aromatic carboxylic acids is 1. The second-order valence-electron chi connectivity index (χ2n) is 14.0. The van der Waals surface area contributed by atoms with Crippen LogP contribution in [0, 0.1) is 0 Å². The van der Waals surface area contributed by atoms with Crippen molar-refractivity contribution in [2.75, 3.05) is 12.4 Å². The number of hydrogen-bond donors (Lipinski definition) is 3. The number of aliphatic hydroxyl groups is 1. The van der Waals surface area contributed by atoms with Crippen LogP contribution >= 0.6 is 24.0 Å². The zero-order valence-corrected chi connectivity index (χ0v) is 34.5. The van der Waals surface area contributed by atoms with Crippen LogP contribution in [0.1, 0.15) is 85.5 Å². The molecule has 2 saturated heterocycles. The maximum Gasteiger partial charge on any atom is 0.335 e. The van der Waals surface area contributed by atoms with Crippen molar-refractivity contribution in [1.82, 2.24) is 5.32 Å². The summed E-state index contributed by atoms with van der Waals surface area (Å²) < 4.78 is 40.8. The molecule has 3 N–H and O–H groups in total. The van der Waals surface area contributed by atoms with E-state index in [2.05, 4.69) is 5.32 Å². The highest BCUT2D eigenvalue weighted by Crippen LogP contribution is 2.40. The van der Waals surface area contributed by atoms with Crippen LogP contribution in [-0.2, 0) is 65.5 Å². The summed E-state index contributed by atoms with van der Waals surface area (Å²) in [6, 6.07) is 21.9. The average molecular weight is 854 g/mol. The highest BCUT2D eigenvalue weighted by molar-refractivity contribution is 7.99. The minimum absolute atomic E-state index is 0.0000207. The summed E-state index contributed by atoms with van der Waals surface area (Å²) >= 11 is 7.23. The summed E-state index contributed by atoms with van der Waals surface area (Å²) in [5, 5.41) is 22.0. The lowest BCUT2D eigenvalue weighted by Crippen LogP contribution is -2.62. The topological polar surface area (TPSA) is 202 Å². The number of esters is 4.